The molecule has 0 spiro atoms. The number of sulfonamides is 1. The normalized spacial score (nSPS) is 11.1. The molecule has 2 N–H and O–H groups in total. The number of hydrogen-bond donors (Lipinski definition) is 2. The third-order valence-electron chi connectivity index (χ3n) is 2.73. The molecule has 0 saturated heterocycles. The molecule has 2 heterocycles. The minimum absolute atomic E-state index is 0.152. The molecule has 0 saturated carbocycles. The van der Waals surface area contributed by atoms with E-state index in [0.717, 1.165) is 18.7 Å². The molecule has 0 aliphatic rings. The molecular weight excluding hydrogens is 288 g/mol. The predicted octanol–water partition coefficient (Wildman–Crippen LogP) is 2.41. The Labute approximate surface area is 124 Å². The summed E-state index contributed by atoms with van der Waals surface area (Å²) in [7, 11) is -3.67. The van der Waals surface area contributed by atoms with Crippen LogP contribution in [0.3, 0.4) is 0 Å². The van der Waals surface area contributed by atoms with Crippen molar-refractivity contribution in [1.29, 1.82) is 0 Å². The van der Waals surface area contributed by atoms with Crippen LogP contribution in [0.15, 0.2) is 41.4 Å². The highest BCUT2D eigenvalue weighted by Gasteiger charge is 2.15. The Morgan fingerprint density at radius 1 is 1.19 bits per heavy atom. The van der Waals surface area contributed by atoms with Gasteiger partial charge in [-0.1, -0.05) is 13.0 Å². The molecule has 6 nitrogen and oxygen atoms in total. The first kappa shape index (κ1) is 15.2. The van der Waals surface area contributed by atoms with Gasteiger partial charge in [-0.2, -0.15) is 0 Å². The highest BCUT2D eigenvalue weighted by atomic mass is 32.2. The average molecular weight is 306 g/mol. The monoisotopic (exact) mass is 306 g/mol. The lowest BCUT2D eigenvalue weighted by Gasteiger charge is -2.09. The van der Waals surface area contributed by atoms with E-state index < -0.39 is 10.0 Å². The molecule has 0 aliphatic carbocycles. The number of aryl methyl sites for hydroxylation is 1. The summed E-state index contributed by atoms with van der Waals surface area (Å²) in [4.78, 5) is 8.38. The van der Waals surface area contributed by atoms with Crippen molar-refractivity contribution in [3.63, 3.8) is 0 Å². The maximum atomic E-state index is 12.3. The van der Waals surface area contributed by atoms with Crippen LogP contribution < -0.4 is 10.0 Å². The number of rotatable bonds is 6. The third kappa shape index (κ3) is 4.16. The lowest BCUT2D eigenvalue weighted by Crippen LogP contribution is -2.15. The standard InChI is InChI=1S/C14H18N4O2S/c1-3-8-15-14-10-12(7-9-16-14)21(19,20)18-13-6-4-5-11(2)17-13/h4-7,9-10H,3,8H2,1-2H3,(H,15,16)(H,17,18). The molecule has 7 heteroatoms. The number of hydrogen-bond acceptors (Lipinski definition) is 5. The third-order valence-corrected chi connectivity index (χ3v) is 4.08. The van der Waals surface area contributed by atoms with Crippen LogP contribution in [-0.4, -0.2) is 24.9 Å². The highest BCUT2D eigenvalue weighted by molar-refractivity contribution is 7.92. The molecule has 0 amide bonds. The lowest BCUT2D eigenvalue weighted by atomic mass is 10.4. The highest BCUT2D eigenvalue weighted by Crippen LogP contribution is 2.16. The Hall–Kier alpha value is -2.15. The molecule has 0 aromatic carbocycles. The van der Waals surface area contributed by atoms with Crippen LogP contribution in [-0.2, 0) is 10.0 Å². The number of nitrogens with one attached hydrogen (secondary N) is 2. The summed E-state index contributed by atoms with van der Waals surface area (Å²) in [5.74, 6) is 0.840. The SMILES string of the molecule is CCCNc1cc(S(=O)(=O)Nc2cccc(C)n2)ccn1. The lowest BCUT2D eigenvalue weighted by molar-refractivity contribution is 0.601. The van der Waals surface area contributed by atoms with Crippen LogP contribution >= 0.6 is 0 Å². The minimum Gasteiger partial charge on any atom is -0.370 e. The number of anilines is 2. The summed E-state index contributed by atoms with van der Waals surface area (Å²) in [6.07, 6.45) is 2.40. The van der Waals surface area contributed by atoms with E-state index in [2.05, 4.69) is 20.0 Å². The summed E-state index contributed by atoms with van der Waals surface area (Å²) < 4.78 is 27.1. The maximum absolute atomic E-state index is 12.3. The topological polar surface area (TPSA) is 84.0 Å². The first-order chi connectivity index (χ1) is 10.0. The Balaban J connectivity index is 2.23. The van der Waals surface area contributed by atoms with Crippen molar-refractivity contribution in [3.05, 3.63) is 42.2 Å². The number of nitrogens with zero attached hydrogens (tertiary/aromatic N) is 2. The molecule has 2 rings (SSSR count). The molecule has 21 heavy (non-hydrogen) atoms. The zero-order valence-corrected chi connectivity index (χ0v) is 12.8. The smallest absolute Gasteiger partial charge is 0.263 e. The van der Waals surface area contributed by atoms with Gasteiger partial charge in [0.25, 0.3) is 10.0 Å². The van der Waals surface area contributed by atoms with Crippen LogP contribution in [0.5, 0.6) is 0 Å². The van der Waals surface area contributed by atoms with Crippen molar-refractivity contribution in [2.24, 2.45) is 0 Å². The van der Waals surface area contributed by atoms with Gasteiger partial charge in [0.15, 0.2) is 0 Å². The second-order valence-corrected chi connectivity index (χ2v) is 6.26. The Morgan fingerprint density at radius 2 is 2.00 bits per heavy atom. The van der Waals surface area contributed by atoms with E-state index in [0.29, 0.717) is 11.6 Å². The van der Waals surface area contributed by atoms with Gasteiger partial charge in [0, 0.05) is 24.5 Å². The fraction of sp³-hybridized carbons (Fsp3) is 0.286. The van der Waals surface area contributed by atoms with Crippen LogP contribution in [0.1, 0.15) is 19.0 Å². The minimum atomic E-state index is -3.67. The zero-order chi connectivity index (χ0) is 15.3. The van der Waals surface area contributed by atoms with Crippen molar-refractivity contribution < 1.29 is 8.42 Å². The largest absolute Gasteiger partial charge is 0.370 e. The van der Waals surface area contributed by atoms with Gasteiger partial charge in [-0.3, -0.25) is 4.72 Å². The predicted molar refractivity (Wildman–Crippen MR) is 82.8 cm³/mol. The fourth-order valence-electron chi connectivity index (χ4n) is 1.72. The summed E-state index contributed by atoms with van der Waals surface area (Å²) in [5.41, 5.74) is 0.746. The summed E-state index contributed by atoms with van der Waals surface area (Å²) in [6.45, 7) is 4.57. The molecule has 0 bridgehead atoms. The summed E-state index contributed by atoms with van der Waals surface area (Å²) >= 11 is 0. The van der Waals surface area contributed by atoms with Gasteiger partial charge in [0.2, 0.25) is 0 Å². The molecule has 0 aliphatic heterocycles. The van der Waals surface area contributed by atoms with Crippen molar-refractivity contribution in [2.45, 2.75) is 25.2 Å². The van der Waals surface area contributed by atoms with Gasteiger partial charge < -0.3 is 5.32 Å². The number of aromatic nitrogens is 2. The van der Waals surface area contributed by atoms with Crippen molar-refractivity contribution in [1.82, 2.24) is 9.97 Å². The zero-order valence-electron chi connectivity index (χ0n) is 12.0. The maximum Gasteiger partial charge on any atom is 0.263 e. The Morgan fingerprint density at radius 3 is 2.71 bits per heavy atom. The molecular formula is C14H18N4O2S. The van der Waals surface area contributed by atoms with E-state index in [4.69, 9.17) is 0 Å². The average Bonchev–Trinajstić information content (AvgIpc) is 2.45. The van der Waals surface area contributed by atoms with Gasteiger partial charge in [-0.25, -0.2) is 18.4 Å². The Kier molecular flexibility index (Phi) is 4.74. The molecule has 0 fully saturated rings. The van der Waals surface area contributed by atoms with Crippen LogP contribution in [0.25, 0.3) is 0 Å². The van der Waals surface area contributed by atoms with Crippen molar-refractivity contribution >= 4 is 21.7 Å². The van der Waals surface area contributed by atoms with Gasteiger partial charge >= 0.3 is 0 Å². The van der Waals surface area contributed by atoms with E-state index in [9.17, 15) is 8.42 Å². The van der Waals surface area contributed by atoms with Crippen LogP contribution in [0.4, 0.5) is 11.6 Å². The van der Waals surface area contributed by atoms with Gasteiger partial charge in [-0.15, -0.1) is 0 Å². The molecule has 0 radical (unpaired) electrons. The van der Waals surface area contributed by atoms with E-state index in [-0.39, 0.29) is 4.90 Å². The van der Waals surface area contributed by atoms with Crippen LogP contribution in [0, 0.1) is 6.92 Å². The number of pyridine rings is 2. The van der Waals surface area contributed by atoms with E-state index >= 15 is 0 Å². The molecule has 0 atom stereocenters. The van der Waals surface area contributed by atoms with E-state index in [1.165, 1.54) is 18.3 Å². The van der Waals surface area contributed by atoms with E-state index in [1.54, 1.807) is 25.1 Å². The van der Waals surface area contributed by atoms with Crippen molar-refractivity contribution in [3.8, 4) is 0 Å². The van der Waals surface area contributed by atoms with Gasteiger partial charge in [0.05, 0.1) is 4.90 Å². The van der Waals surface area contributed by atoms with Gasteiger partial charge in [0.1, 0.15) is 11.6 Å². The first-order valence-corrected chi connectivity index (χ1v) is 8.16. The van der Waals surface area contributed by atoms with Crippen LogP contribution in [0.2, 0.25) is 0 Å². The summed E-state index contributed by atoms with van der Waals surface area (Å²) in [5, 5.41) is 3.06. The van der Waals surface area contributed by atoms with E-state index in [1.807, 2.05) is 6.92 Å². The second kappa shape index (κ2) is 6.53. The first-order valence-electron chi connectivity index (χ1n) is 6.67. The van der Waals surface area contributed by atoms with Gasteiger partial charge in [-0.05, 0) is 31.5 Å². The van der Waals surface area contributed by atoms with Crippen molar-refractivity contribution in [2.75, 3.05) is 16.6 Å². The molecule has 2 aromatic heterocycles. The Bertz CT molecular complexity index is 716. The molecule has 2 aromatic rings. The molecule has 0 unspecified atom stereocenters. The quantitative estimate of drug-likeness (QED) is 0.856. The molecule has 112 valence electrons. The second-order valence-electron chi connectivity index (χ2n) is 4.57. The fourth-order valence-corrected chi connectivity index (χ4v) is 2.74. The summed E-state index contributed by atoms with van der Waals surface area (Å²) in [6, 6.07) is 8.13.